The smallest absolute Gasteiger partial charge is 0.358 e. The van der Waals surface area contributed by atoms with Crippen molar-refractivity contribution in [2.75, 3.05) is 0 Å². The molecule has 0 aliphatic rings. The molecule has 0 fully saturated rings. The van der Waals surface area contributed by atoms with Crippen LogP contribution in [0.25, 0.3) is 11.4 Å². The maximum Gasteiger partial charge on any atom is 0.358 e. The summed E-state index contributed by atoms with van der Waals surface area (Å²) in [6.07, 6.45) is 1.58. The van der Waals surface area contributed by atoms with E-state index in [0.717, 1.165) is 0 Å². The average Bonchev–Trinajstić information content (AvgIpc) is 3.07. The molecule has 0 spiro atoms. The normalized spacial score (nSPS) is 10.7. The molecule has 8 heteroatoms. The van der Waals surface area contributed by atoms with Gasteiger partial charge in [0.1, 0.15) is 17.1 Å². The number of nitrogens with zero attached hydrogens (tertiary/aromatic N) is 5. The molecule has 0 aromatic carbocycles. The van der Waals surface area contributed by atoms with Crippen LogP contribution < -0.4 is 0 Å². The summed E-state index contributed by atoms with van der Waals surface area (Å²) in [7, 11) is 0. The zero-order chi connectivity index (χ0) is 14.8. The predicted molar refractivity (Wildman–Crippen MR) is 70.6 cm³/mol. The van der Waals surface area contributed by atoms with Gasteiger partial charge in [-0.15, -0.1) is 5.10 Å². The highest BCUT2D eigenvalue weighted by atomic mass is 16.5. The quantitative estimate of drug-likeness (QED) is 0.771. The van der Waals surface area contributed by atoms with Crippen molar-refractivity contribution < 1.29 is 14.4 Å². The van der Waals surface area contributed by atoms with Crippen LogP contribution in [0.15, 0.2) is 35.0 Å². The molecule has 0 aliphatic heterocycles. The van der Waals surface area contributed by atoms with Gasteiger partial charge in [0.2, 0.25) is 0 Å². The summed E-state index contributed by atoms with van der Waals surface area (Å²) >= 11 is 0. The number of hydrogen-bond donors (Lipinski definition) is 1. The molecule has 0 saturated carbocycles. The molecule has 0 atom stereocenters. The van der Waals surface area contributed by atoms with E-state index in [2.05, 4.69) is 20.5 Å². The molecule has 0 amide bonds. The minimum atomic E-state index is -1.15. The fourth-order valence-corrected chi connectivity index (χ4v) is 1.97. The first-order chi connectivity index (χ1) is 10.1. The van der Waals surface area contributed by atoms with E-state index >= 15 is 0 Å². The number of carboxylic acid groups (broad SMARTS) is 1. The standard InChI is InChI=1S/C13H11N5O3/c1-8-6-9(16-21-8)7-18-12(10-4-2-3-5-14-10)11(13(19)20)15-17-18/h2-6H,7H2,1H3,(H,19,20). The van der Waals surface area contributed by atoms with Crippen LogP contribution in [0.1, 0.15) is 21.9 Å². The van der Waals surface area contributed by atoms with Crippen LogP contribution in [0, 0.1) is 6.92 Å². The van der Waals surface area contributed by atoms with Crippen molar-refractivity contribution in [2.24, 2.45) is 0 Å². The van der Waals surface area contributed by atoms with Crippen LogP contribution in [0.3, 0.4) is 0 Å². The summed E-state index contributed by atoms with van der Waals surface area (Å²) in [5.41, 5.74) is 1.31. The van der Waals surface area contributed by atoms with E-state index in [1.54, 1.807) is 37.4 Å². The second kappa shape index (κ2) is 5.16. The predicted octanol–water partition coefficient (Wildman–Crippen LogP) is 1.38. The minimum absolute atomic E-state index is 0.145. The molecule has 3 rings (SSSR count). The Bertz CT molecular complexity index is 778. The third-order valence-electron chi connectivity index (χ3n) is 2.83. The van der Waals surface area contributed by atoms with Gasteiger partial charge in [0.05, 0.1) is 12.2 Å². The fraction of sp³-hybridized carbons (Fsp3) is 0.154. The summed E-state index contributed by atoms with van der Waals surface area (Å²) in [5, 5.41) is 20.7. The van der Waals surface area contributed by atoms with Crippen molar-refractivity contribution in [1.82, 2.24) is 25.1 Å². The van der Waals surface area contributed by atoms with Gasteiger partial charge in [-0.05, 0) is 19.1 Å². The maximum atomic E-state index is 11.3. The van der Waals surface area contributed by atoms with Gasteiger partial charge in [0, 0.05) is 12.3 Å². The lowest BCUT2D eigenvalue weighted by Gasteiger charge is -2.04. The maximum absolute atomic E-state index is 11.3. The number of carboxylic acids is 1. The van der Waals surface area contributed by atoms with Gasteiger partial charge in [0.25, 0.3) is 0 Å². The van der Waals surface area contributed by atoms with Crippen molar-refractivity contribution in [2.45, 2.75) is 13.5 Å². The Balaban J connectivity index is 2.07. The van der Waals surface area contributed by atoms with E-state index in [4.69, 9.17) is 4.52 Å². The first-order valence-electron chi connectivity index (χ1n) is 6.15. The molecule has 0 radical (unpaired) electrons. The summed E-state index contributed by atoms with van der Waals surface area (Å²) in [4.78, 5) is 15.5. The van der Waals surface area contributed by atoms with Crippen molar-refractivity contribution in [3.8, 4) is 11.4 Å². The third kappa shape index (κ3) is 2.50. The van der Waals surface area contributed by atoms with Gasteiger partial charge in [-0.1, -0.05) is 16.4 Å². The van der Waals surface area contributed by atoms with Crippen LogP contribution in [-0.2, 0) is 6.54 Å². The number of aromatic nitrogens is 5. The number of aromatic carboxylic acids is 1. The van der Waals surface area contributed by atoms with Crippen LogP contribution >= 0.6 is 0 Å². The SMILES string of the molecule is Cc1cc(Cn2nnc(C(=O)O)c2-c2ccccn2)no1. The van der Waals surface area contributed by atoms with Gasteiger partial charge in [-0.2, -0.15) is 0 Å². The van der Waals surface area contributed by atoms with E-state index in [0.29, 0.717) is 22.8 Å². The molecule has 1 N–H and O–H groups in total. The topological polar surface area (TPSA) is 107 Å². The lowest BCUT2D eigenvalue weighted by atomic mass is 10.2. The van der Waals surface area contributed by atoms with Gasteiger partial charge in [0.15, 0.2) is 5.69 Å². The Morgan fingerprint density at radius 3 is 2.90 bits per heavy atom. The van der Waals surface area contributed by atoms with Crippen molar-refractivity contribution in [3.63, 3.8) is 0 Å². The largest absolute Gasteiger partial charge is 0.476 e. The molecule has 21 heavy (non-hydrogen) atoms. The zero-order valence-corrected chi connectivity index (χ0v) is 11.1. The Morgan fingerprint density at radius 1 is 1.43 bits per heavy atom. The van der Waals surface area contributed by atoms with Crippen LogP contribution in [0.2, 0.25) is 0 Å². The fourth-order valence-electron chi connectivity index (χ4n) is 1.97. The molecule has 3 aromatic heterocycles. The second-order valence-corrected chi connectivity index (χ2v) is 4.39. The molecule has 3 heterocycles. The first kappa shape index (κ1) is 13.0. The van der Waals surface area contributed by atoms with Crippen molar-refractivity contribution in [3.05, 3.63) is 47.6 Å². The Kier molecular flexibility index (Phi) is 3.19. The molecule has 0 bridgehead atoms. The molecular weight excluding hydrogens is 274 g/mol. The molecule has 8 nitrogen and oxygen atoms in total. The van der Waals surface area contributed by atoms with E-state index in [1.807, 2.05) is 0 Å². The summed E-state index contributed by atoms with van der Waals surface area (Å²) in [6, 6.07) is 6.98. The molecule has 3 aromatic rings. The molecule has 0 unspecified atom stereocenters. The third-order valence-corrected chi connectivity index (χ3v) is 2.83. The molecule has 0 saturated heterocycles. The van der Waals surface area contributed by atoms with E-state index in [1.165, 1.54) is 4.68 Å². The van der Waals surface area contributed by atoms with Crippen LogP contribution in [-0.4, -0.2) is 36.2 Å². The lowest BCUT2D eigenvalue weighted by Crippen LogP contribution is -2.07. The molecule has 106 valence electrons. The Labute approximate surface area is 119 Å². The summed E-state index contributed by atoms with van der Waals surface area (Å²) < 4.78 is 6.44. The Hall–Kier alpha value is -3.03. The number of hydrogen-bond acceptors (Lipinski definition) is 6. The summed E-state index contributed by atoms with van der Waals surface area (Å²) in [6.45, 7) is 2.03. The average molecular weight is 285 g/mol. The van der Waals surface area contributed by atoms with Gasteiger partial charge in [-0.3, -0.25) is 4.98 Å². The highest BCUT2D eigenvalue weighted by molar-refractivity contribution is 5.92. The number of rotatable bonds is 4. The van der Waals surface area contributed by atoms with Crippen LogP contribution in [0.4, 0.5) is 0 Å². The highest BCUT2D eigenvalue weighted by Gasteiger charge is 2.22. The number of pyridine rings is 1. The van der Waals surface area contributed by atoms with E-state index in [9.17, 15) is 9.90 Å². The molecular formula is C13H11N5O3. The monoisotopic (exact) mass is 285 g/mol. The number of carbonyl (C=O) groups is 1. The van der Waals surface area contributed by atoms with Gasteiger partial charge in [-0.25, -0.2) is 9.48 Å². The second-order valence-electron chi connectivity index (χ2n) is 4.39. The Morgan fingerprint density at radius 2 is 2.29 bits per heavy atom. The van der Waals surface area contributed by atoms with E-state index < -0.39 is 5.97 Å². The minimum Gasteiger partial charge on any atom is -0.476 e. The summed E-state index contributed by atoms with van der Waals surface area (Å²) in [5.74, 6) is -0.485. The van der Waals surface area contributed by atoms with E-state index in [-0.39, 0.29) is 12.2 Å². The first-order valence-corrected chi connectivity index (χ1v) is 6.15. The highest BCUT2D eigenvalue weighted by Crippen LogP contribution is 2.20. The van der Waals surface area contributed by atoms with Gasteiger partial charge >= 0.3 is 5.97 Å². The van der Waals surface area contributed by atoms with Crippen molar-refractivity contribution >= 4 is 5.97 Å². The van der Waals surface area contributed by atoms with Crippen molar-refractivity contribution in [1.29, 1.82) is 0 Å². The lowest BCUT2D eigenvalue weighted by molar-refractivity contribution is 0.0691. The number of aryl methyl sites for hydroxylation is 1. The molecule has 0 aliphatic carbocycles. The van der Waals surface area contributed by atoms with Gasteiger partial charge < -0.3 is 9.63 Å². The zero-order valence-electron chi connectivity index (χ0n) is 11.1. The van der Waals surface area contributed by atoms with Crippen LogP contribution in [0.5, 0.6) is 0 Å².